The fraction of sp³-hybridized carbons (Fsp3) is 0.318. The molecule has 0 aliphatic rings. The van der Waals surface area contributed by atoms with Gasteiger partial charge in [-0.3, -0.25) is 4.79 Å². The van der Waals surface area contributed by atoms with Crippen LogP contribution in [0.4, 0.5) is 5.69 Å². The normalized spacial score (nSPS) is 11.1. The zero-order chi connectivity index (χ0) is 17.0. The number of carbonyl (C=O) groups excluding carboxylic acids is 1. The molecule has 2 rings (SSSR count). The molecule has 0 saturated heterocycles. The van der Waals surface area contributed by atoms with Crippen molar-refractivity contribution in [1.82, 2.24) is 0 Å². The predicted octanol–water partition coefficient (Wildman–Crippen LogP) is 6.36. The van der Waals surface area contributed by atoms with Crippen molar-refractivity contribution >= 4 is 17.2 Å². The van der Waals surface area contributed by atoms with Gasteiger partial charge in [0.1, 0.15) is 0 Å². The average molecular weight is 381 g/mol. The molecule has 0 amide bonds. The minimum Gasteiger partial charge on any atom is -0.358 e. The number of hydrogen-bond acceptors (Lipinski definition) is 2. The van der Waals surface area contributed by atoms with E-state index in [9.17, 15) is 4.79 Å². The second-order valence-corrected chi connectivity index (χ2v) is 6.49. The van der Waals surface area contributed by atoms with Crippen LogP contribution in [0.15, 0.2) is 53.5 Å². The molecule has 138 valence electrons. The molecule has 0 saturated carbocycles. The molecule has 0 N–H and O–H groups in total. The summed E-state index contributed by atoms with van der Waals surface area (Å²) < 4.78 is 0. The first-order valence-corrected chi connectivity index (χ1v) is 8.19. The molecular weight excluding hydrogens is 353 g/mol. The Morgan fingerprint density at radius 3 is 1.76 bits per heavy atom. The van der Waals surface area contributed by atoms with Gasteiger partial charge in [0.2, 0.25) is 5.78 Å². The number of Topliss-reactive ketones (excluding diaryl/α,β-unsaturated/α-hetero) is 1. The molecular formula is C22H28NNiO-. The number of para-hydroxylation sites is 1. The van der Waals surface area contributed by atoms with E-state index in [0.717, 1.165) is 5.69 Å². The first kappa shape index (κ1) is 23.3. The molecule has 25 heavy (non-hydrogen) atoms. The Labute approximate surface area is 162 Å². The topological polar surface area (TPSA) is 29.4 Å². The molecule has 2 nitrogen and oxygen atoms in total. The van der Waals surface area contributed by atoms with Crippen LogP contribution >= 0.6 is 0 Å². The Hall–Kier alpha value is -1.73. The zero-order valence-corrected chi connectivity index (χ0v) is 16.9. The van der Waals surface area contributed by atoms with E-state index in [1.54, 1.807) is 6.92 Å². The molecule has 0 aromatic heterocycles. The van der Waals surface area contributed by atoms with E-state index < -0.39 is 0 Å². The fourth-order valence-corrected chi connectivity index (χ4v) is 2.66. The van der Waals surface area contributed by atoms with E-state index in [2.05, 4.69) is 45.9 Å². The monoisotopic (exact) mass is 380 g/mol. The van der Waals surface area contributed by atoms with Crippen molar-refractivity contribution in [3.8, 4) is 0 Å². The van der Waals surface area contributed by atoms with E-state index in [1.807, 2.05) is 30.3 Å². The SMILES string of the molecule is CC(=Nc1c(C(C)C)cccc1C(C)C)C(=O)c1ccccc1.[CH3-].[Ni]. The molecule has 2 aromatic rings. The molecule has 0 unspecified atom stereocenters. The summed E-state index contributed by atoms with van der Waals surface area (Å²) in [6.07, 6.45) is 0. The number of aliphatic imine (C=N–C) groups is 1. The quantitative estimate of drug-likeness (QED) is 0.257. The second kappa shape index (κ2) is 10.3. The van der Waals surface area contributed by atoms with Crippen LogP contribution in [0.5, 0.6) is 0 Å². The van der Waals surface area contributed by atoms with Gasteiger partial charge in [0, 0.05) is 22.1 Å². The van der Waals surface area contributed by atoms with Gasteiger partial charge in [0.25, 0.3) is 0 Å². The largest absolute Gasteiger partial charge is 0.358 e. The van der Waals surface area contributed by atoms with Crippen molar-refractivity contribution in [2.24, 2.45) is 4.99 Å². The van der Waals surface area contributed by atoms with Crippen LogP contribution in [0.2, 0.25) is 0 Å². The van der Waals surface area contributed by atoms with Crippen LogP contribution in [0, 0.1) is 7.43 Å². The zero-order valence-electron chi connectivity index (χ0n) is 15.9. The maximum atomic E-state index is 12.6. The summed E-state index contributed by atoms with van der Waals surface area (Å²) in [4.78, 5) is 17.3. The van der Waals surface area contributed by atoms with Gasteiger partial charge in [-0.25, -0.2) is 4.99 Å². The number of hydrogen-bond donors (Lipinski definition) is 0. The van der Waals surface area contributed by atoms with Crippen LogP contribution in [-0.2, 0) is 16.5 Å². The Morgan fingerprint density at radius 1 is 0.840 bits per heavy atom. The van der Waals surface area contributed by atoms with Crippen LogP contribution in [0.25, 0.3) is 0 Å². The van der Waals surface area contributed by atoms with Gasteiger partial charge in [-0.1, -0.05) is 76.2 Å². The minimum absolute atomic E-state index is 0. The van der Waals surface area contributed by atoms with Gasteiger partial charge < -0.3 is 7.43 Å². The summed E-state index contributed by atoms with van der Waals surface area (Å²) in [6, 6.07) is 15.6. The Kier molecular flexibility index (Phi) is 9.59. The minimum atomic E-state index is -0.0149. The summed E-state index contributed by atoms with van der Waals surface area (Å²) in [5.74, 6) is 0.720. The molecule has 0 fully saturated rings. The van der Waals surface area contributed by atoms with Crippen LogP contribution in [0.1, 0.15) is 67.9 Å². The predicted molar refractivity (Wildman–Crippen MR) is 105 cm³/mol. The molecule has 0 atom stereocenters. The van der Waals surface area contributed by atoms with Crippen molar-refractivity contribution in [2.45, 2.75) is 46.5 Å². The Morgan fingerprint density at radius 2 is 1.32 bits per heavy atom. The molecule has 0 radical (unpaired) electrons. The van der Waals surface area contributed by atoms with Gasteiger partial charge in [0.05, 0.1) is 11.4 Å². The maximum Gasteiger partial charge on any atom is 0.206 e. The summed E-state index contributed by atoms with van der Waals surface area (Å²) in [6.45, 7) is 10.4. The molecule has 0 aliphatic carbocycles. The van der Waals surface area contributed by atoms with Gasteiger partial charge in [-0.05, 0) is 29.9 Å². The van der Waals surface area contributed by atoms with Crippen molar-refractivity contribution in [1.29, 1.82) is 0 Å². The number of nitrogens with zero attached hydrogens (tertiary/aromatic N) is 1. The van der Waals surface area contributed by atoms with E-state index >= 15 is 0 Å². The van der Waals surface area contributed by atoms with Gasteiger partial charge in [-0.2, -0.15) is 0 Å². The third-order valence-corrected chi connectivity index (χ3v) is 3.99. The van der Waals surface area contributed by atoms with Gasteiger partial charge >= 0.3 is 0 Å². The summed E-state index contributed by atoms with van der Waals surface area (Å²) in [5, 5.41) is 0. The van der Waals surface area contributed by atoms with Crippen molar-refractivity contribution < 1.29 is 21.3 Å². The first-order valence-electron chi connectivity index (χ1n) is 8.19. The van der Waals surface area contributed by atoms with E-state index in [4.69, 9.17) is 4.99 Å². The molecule has 0 spiro atoms. The maximum absolute atomic E-state index is 12.6. The number of rotatable bonds is 5. The Balaban J connectivity index is 0.00000288. The Bertz CT molecular complexity index is 692. The standard InChI is InChI=1S/C21H25NO.CH3.Ni/c1-14(2)18-12-9-13-19(15(3)4)20(18)22-16(5)21(23)17-10-7-6-8-11-17;;/h6-15H,1-5H3;1H3;/q;-1;. The van der Waals surface area contributed by atoms with E-state index in [-0.39, 0.29) is 29.7 Å². The van der Waals surface area contributed by atoms with Gasteiger partial charge in [-0.15, -0.1) is 0 Å². The van der Waals surface area contributed by atoms with Gasteiger partial charge in [0.15, 0.2) is 0 Å². The van der Waals surface area contributed by atoms with E-state index in [0.29, 0.717) is 23.1 Å². The molecule has 0 aliphatic heterocycles. The van der Waals surface area contributed by atoms with E-state index in [1.165, 1.54) is 11.1 Å². The number of ketones is 1. The third-order valence-electron chi connectivity index (χ3n) is 3.99. The van der Waals surface area contributed by atoms with Crippen molar-refractivity contribution in [3.63, 3.8) is 0 Å². The molecule has 0 bridgehead atoms. The average Bonchev–Trinajstić information content (AvgIpc) is 2.54. The molecule has 2 aromatic carbocycles. The second-order valence-electron chi connectivity index (χ2n) is 6.49. The van der Waals surface area contributed by atoms with Crippen LogP contribution in [0.3, 0.4) is 0 Å². The number of benzene rings is 2. The number of carbonyl (C=O) groups is 1. The first-order chi connectivity index (χ1) is 10.9. The summed E-state index contributed by atoms with van der Waals surface area (Å²) in [7, 11) is 0. The third kappa shape index (κ3) is 5.64. The summed E-state index contributed by atoms with van der Waals surface area (Å²) in [5.41, 5.74) is 4.56. The molecule has 0 heterocycles. The van der Waals surface area contributed by atoms with Crippen molar-refractivity contribution in [3.05, 3.63) is 72.6 Å². The smallest absolute Gasteiger partial charge is 0.206 e. The summed E-state index contributed by atoms with van der Waals surface area (Å²) >= 11 is 0. The van der Waals surface area contributed by atoms with Crippen molar-refractivity contribution in [2.75, 3.05) is 0 Å². The van der Waals surface area contributed by atoms with Crippen LogP contribution < -0.4 is 0 Å². The fourth-order valence-electron chi connectivity index (χ4n) is 2.66. The van der Waals surface area contributed by atoms with Crippen LogP contribution in [-0.4, -0.2) is 11.5 Å². The molecule has 3 heteroatoms.